The van der Waals surface area contributed by atoms with Gasteiger partial charge in [0.25, 0.3) is 6.47 Å². The Bertz CT molecular complexity index is 746. The summed E-state index contributed by atoms with van der Waals surface area (Å²) in [5, 5.41) is 4.71. The molecule has 0 saturated carbocycles. The largest absolute Gasteiger partial charge is 0.460 e. The van der Waals surface area contributed by atoms with Crippen LogP contribution in [0.2, 0.25) is 0 Å². The molecule has 0 radical (unpaired) electrons. The predicted octanol–water partition coefficient (Wildman–Crippen LogP) is 4.23. The summed E-state index contributed by atoms with van der Waals surface area (Å²) in [5.74, 6) is 0. The highest BCUT2D eigenvalue weighted by Gasteiger charge is 2.10. The van der Waals surface area contributed by atoms with Crippen molar-refractivity contribution in [2.45, 2.75) is 13.0 Å². The number of fused-ring (bicyclic) bond motifs is 2. The summed E-state index contributed by atoms with van der Waals surface area (Å²) in [6.07, 6.45) is -0.234. The Morgan fingerprint density at radius 3 is 2.37 bits per heavy atom. The number of carbonyl (C=O) groups is 1. The third kappa shape index (κ3) is 2.06. The zero-order valence-corrected chi connectivity index (χ0v) is 10.7. The van der Waals surface area contributed by atoms with Crippen LogP contribution in [0.15, 0.2) is 54.6 Å². The molecule has 3 aromatic carbocycles. The molecule has 0 aromatic heterocycles. The summed E-state index contributed by atoms with van der Waals surface area (Å²) in [4.78, 5) is 10.5. The molecular weight excluding hydrogens is 236 g/mol. The predicted molar refractivity (Wildman–Crippen MR) is 77.0 cm³/mol. The Hall–Kier alpha value is -2.35. The minimum atomic E-state index is -0.234. The summed E-state index contributed by atoms with van der Waals surface area (Å²) >= 11 is 0. The number of hydrogen-bond acceptors (Lipinski definition) is 2. The van der Waals surface area contributed by atoms with Crippen LogP contribution in [-0.2, 0) is 9.53 Å². The molecule has 1 atom stereocenters. The van der Waals surface area contributed by atoms with E-state index in [1.165, 1.54) is 10.8 Å². The van der Waals surface area contributed by atoms with Gasteiger partial charge < -0.3 is 4.74 Å². The van der Waals surface area contributed by atoms with Crippen molar-refractivity contribution < 1.29 is 9.53 Å². The Morgan fingerprint density at radius 2 is 1.63 bits per heavy atom. The van der Waals surface area contributed by atoms with Crippen molar-refractivity contribution in [3.63, 3.8) is 0 Å². The fourth-order valence-corrected chi connectivity index (χ4v) is 2.50. The second kappa shape index (κ2) is 4.73. The van der Waals surface area contributed by atoms with Gasteiger partial charge in [0.05, 0.1) is 0 Å². The highest BCUT2D eigenvalue weighted by Crippen LogP contribution is 2.29. The summed E-state index contributed by atoms with van der Waals surface area (Å²) < 4.78 is 5.07. The van der Waals surface area contributed by atoms with Crippen molar-refractivity contribution in [1.29, 1.82) is 0 Å². The van der Waals surface area contributed by atoms with Gasteiger partial charge in [-0.25, -0.2) is 0 Å². The Kier molecular flexibility index (Phi) is 2.92. The van der Waals surface area contributed by atoms with Gasteiger partial charge in [-0.1, -0.05) is 42.5 Å². The molecule has 0 aliphatic carbocycles. The van der Waals surface area contributed by atoms with E-state index in [1.807, 2.05) is 31.2 Å². The lowest BCUT2D eigenvalue weighted by Gasteiger charge is -2.13. The van der Waals surface area contributed by atoms with E-state index in [4.69, 9.17) is 4.74 Å². The number of ether oxygens (including phenoxy) is 1. The van der Waals surface area contributed by atoms with Gasteiger partial charge in [-0.05, 0) is 46.2 Å². The standard InChI is InChI=1S/C17H14O2/c1-12(19-11-18)16-8-4-7-15-9-13-5-2-3-6-14(13)10-17(15)16/h2-12H,1H3. The van der Waals surface area contributed by atoms with Crippen molar-refractivity contribution >= 4 is 28.0 Å². The van der Waals surface area contributed by atoms with Gasteiger partial charge in [-0.2, -0.15) is 0 Å². The molecule has 3 aromatic rings. The van der Waals surface area contributed by atoms with E-state index < -0.39 is 0 Å². The minimum Gasteiger partial charge on any atom is -0.460 e. The monoisotopic (exact) mass is 250 g/mol. The number of rotatable bonds is 3. The molecule has 2 heteroatoms. The molecule has 0 heterocycles. The van der Waals surface area contributed by atoms with E-state index >= 15 is 0 Å². The number of benzene rings is 3. The van der Waals surface area contributed by atoms with Crippen molar-refractivity contribution in [3.05, 3.63) is 60.2 Å². The second-order valence-corrected chi connectivity index (χ2v) is 4.64. The molecule has 0 amide bonds. The maximum absolute atomic E-state index is 10.5. The van der Waals surface area contributed by atoms with E-state index in [9.17, 15) is 4.79 Å². The van der Waals surface area contributed by atoms with Crippen LogP contribution in [-0.4, -0.2) is 6.47 Å². The average molecular weight is 250 g/mol. The van der Waals surface area contributed by atoms with Gasteiger partial charge in [0.15, 0.2) is 0 Å². The molecule has 19 heavy (non-hydrogen) atoms. The van der Waals surface area contributed by atoms with Crippen LogP contribution in [0.3, 0.4) is 0 Å². The first-order valence-electron chi connectivity index (χ1n) is 6.30. The molecule has 0 aliphatic rings. The lowest BCUT2D eigenvalue weighted by Crippen LogP contribution is -1.98. The molecule has 0 spiro atoms. The van der Waals surface area contributed by atoms with E-state index in [-0.39, 0.29) is 6.10 Å². The molecule has 3 rings (SSSR count). The first kappa shape index (κ1) is 11.7. The van der Waals surface area contributed by atoms with E-state index in [0.717, 1.165) is 16.3 Å². The maximum Gasteiger partial charge on any atom is 0.293 e. The molecule has 94 valence electrons. The van der Waals surface area contributed by atoms with E-state index in [2.05, 4.69) is 30.3 Å². The van der Waals surface area contributed by atoms with E-state index in [0.29, 0.717) is 6.47 Å². The lowest BCUT2D eigenvalue weighted by atomic mass is 9.97. The molecule has 0 saturated heterocycles. The molecule has 2 nitrogen and oxygen atoms in total. The zero-order valence-electron chi connectivity index (χ0n) is 10.7. The van der Waals surface area contributed by atoms with E-state index in [1.54, 1.807) is 0 Å². The van der Waals surface area contributed by atoms with Crippen LogP contribution in [0.1, 0.15) is 18.6 Å². The Labute approximate surface area is 111 Å². The zero-order chi connectivity index (χ0) is 13.2. The minimum absolute atomic E-state index is 0.234. The van der Waals surface area contributed by atoms with Crippen molar-refractivity contribution in [1.82, 2.24) is 0 Å². The Morgan fingerprint density at radius 1 is 0.947 bits per heavy atom. The summed E-state index contributed by atoms with van der Waals surface area (Å²) in [6, 6.07) is 18.7. The quantitative estimate of drug-likeness (QED) is 0.513. The third-order valence-corrected chi connectivity index (χ3v) is 3.48. The van der Waals surface area contributed by atoms with Gasteiger partial charge in [0, 0.05) is 0 Å². The van der Waals surface area contributed by atoms with Crippen LogP contribution in [0.4, 0.5) is 0 Å². The summed E-state index contributed by atoms with van der Waals surface area (Å²) in [7, 11) is 0. The lowest BCUT2D eigenvalue weighted by molar-refractivity contribution is -0.133. The normalized spacial score (nSPS) is 12.5. The topological polar surface area (TPSA) is 26.3 Å². The van der Waals surface area contributed by atoms with Crippen molar-refractivity contribution in [2.75, 3.05) is 0 Å². The maximum atomic E-state index is 10.5. The fraction of sp³-hybridized carbons (Fsp3) is 0.118. The third-order valence-electron chi connectivity index (χ3n) is 3.48. The first-order valence-corrected chi connectivity index (χ1v) is 6.30. The SMILES string of the molecule is CC(OC=O)c1cccc2cc3ccccc3cc12. The molecular formula is C17H14O2. The molecule has 1 unspecified atom stereocenters. The van der Waals surface area contributed by atoms with Crippen LogP contribution in [0.5, 0.6) is 0 Å². The van der Waals surface area contributed by atoms with Crippen LogP contribution in [0, 0.1) is 0 Å². The smallest absolute Gasteiger partial charge is 0.293 e. The van der Waals surface area contributed by atoms with Gasteiger partial charge in [0.2, 0.25) is 0 Å². The average Bonchev–Trinajstić information content (AvgIpc) is 2.44. The molecule has 0 aliphatic heterocycles. The van der Waals surface area contributed by atoms with Crippen LogP contribution >= 0.6 is 0 Å². The molecule has 0 N–H and O–H groups in total. The summed E-state index contributed by atoms with van der Waals surface area (Å²) in [5.41, 5.74) is 1.04. The van der Waals surface area contributed by atoms with Crippen molar-refractivity contribution in [3.8, 4) is 0 Å². The van der Waals surface area contributed by atoms with Gasteiger partial charge in [0.1, 0.15) is 6.10 Å². The fourth-order valence-electron chi connectivity index (χ4n) is 2.50. The molecule has 0 fully saturated rings. The number of carbonyl (C=O) groups excluding carboxylic acids is 1. The highest BCUT2D eigenvalue weighted by atomic mass is 16.5. The van der Waals surface area contributed by atoms with Crippen LogP contribution < -0.4 is 0 Å². The summed E-state index contributed by atoms with van der Waals surface area (Å²) in [6.45, 7) is 2.39. The molecule has 0 bridgehead atoms. The van der Waals surface area contributed by atoms with Crippen LogP contribution in [0.25, 0.3) is 21.5 Å². The van der Waals surface area contributed by atoms with Gasteiger partial charge in [-0.3, -0.25) is 4.79 Å². The first-order chi connectivity index (χ1) is 9.29. The van der Waals surface area contributed by atoms with Crippen molar-refractivity contribution in [2.24, 2.45) is 0 Å². The highest BCUT2D eigenvalue weighted by molar-refractivity contribution is 5.99. The Balaban J connectivity index is 2.28. The second-order valence-electron chi connectivity index (χ2n) is 4.64. The number of hydrogen-bond donors (Lipinski definition) is 0. The van der Waals surface area contributed by atoms with Gasteiger partial charge in [-0.15, -0.1) is 0 Å². The van der Waals surface area contributed by atoms with Gasteiger partial charge >= 0.3 is 0 Å².